The predicted molar refractivity (Wildman–Crippen MR) is 126 cm³/mol. The van der Waals surface area contributed by atoms with Gasteiger partial charge in [0, 0.05) is 43.1 Å². The molecule has 0 unspecified atom stereocenters. The van der Waals surface area contributed by atoms with Gasteiger partial charge in [-0.3, -0.25) is 19.3 Å². The molecule has 1 saturated carbocycles. The van der Waals surface area contributed by atoms with E-state index in [2.05, 4.69) is 15.6 Å². The summed E-state index contributed by atoms with van der Waals surface area (Å²) in [6, 6.07) is 17.0. The summed E-state index contributed by atoms with van der Waals surface area (Å²) in [5, 5.41) is 6.86. The monoisotopic (exact) mass is 445 g/mol. The summed E-state index contributed by atoms with van der Waals surface area (Å²) in [6.07, 6.45) is 2.02. The third kappa shape index (κ3) is 4.90. The first-order valence-electron chi connectivity index (χ1n) is 11.4. The van der Waals surface area contributed by atoms with Crippen molar-refractivity contribution in [2.45, 2.75) is 18.9 Å². The van der Waals surface area contributed by atoms with Crippen LogP contribution in [0, 0.1) is 0 Å². The number of hydrogen-bond donors (Lipinski definition) is 3. The number of carbonyl (C=O) groups excluding carboxylic acids is 3. The van der Waals surface area contributed by atoms with Crippen LogP contribution in [0.25, 0.3) is 10.9 Å². The molecule has 0 atom stereocenters. The van der Waals surface area contributed by atoms with Crippen LogP contribution in [0.2, 0.25) is 0 Å². The fourth-order valence-corrected chi connectivity index (χ4v) is 4.14. The lowest BCUT2D eigenvalue weighted by atomic mass is 10.1. The molecule has 2 heterocycles. The first kappa shape index (κ1) is 21.2. The lowest BCUT2D eigenvalue weighted by Crippen LogP contribution is -2.50. The largest absolute Gasteiger partial charge is 0.351 e. The number of nitrogens with one attached hydrogen (secondary N) is 3. The minimum Gasteiger partial charge on any atom is -0.351 e. The Labute approximate surface area is 191 Å². The molecule has 5 rings (SSSR count). The number of hydrogen-bond acceptors (Lipinski definition) is 4. The highest BCUT2D eigenvalue weighted by molar-refractivity contribution is 6.04. The number of rotatable bonds is 6. The fourth-order valence-electron chi connectivity index (χ4n) is 4.14. The van der Waals surface area contributed by atoms with Gasteiger partial charge in [0.1, 0.15) is 5.69 Å². The van der Waals surface area contributed by atoms with Gasteiger partial charge in [0.25, 0.3) is 11.8 Å². The zero-order valence-corrected chi connectivity index (χ0v) is 18.3. The number of fused-ring (bicyclic) bond motifs is 1. The van der Waals surface area contributed by atoms with Crippen LogP contribution in [-0.2, 0) is 4.79 Å². The van der Waals surface area contributed by atoms with Crippen LogP contribution in [0.5, 0.6) is 0 Å². The van der Waals surface area contributed by atoms with Crippen molar-refractivity contribution in [3.05, 3.63) is 65.9 Å². The van der Waals surface area contributed by atoms with Gasteiger partial charge in [-0.1, -0.05) is 30.3 Å². The van der Waals surface area contributed by atoms with Crippen molar-refractivity contribution in [3.8, 4) is 0 Å². The Hall–Kier alpha value is -3.65. The summed E-state index contributed by atoms with van der Waals surface area (Å²) < 4.78 is 0. The second-order valence-electron chi connectivity index (χ2n) is 8.68. The molecule has 1 aliphatic heterocycles. The number of amides is 3. The Kier molecular flexibility index (Phi) is 5.83. The quantitative estimate of drug-likeness (QED) is 0.543. The Morgan fingerprint density at radius 1 is 0.939 bits per heavy atom. The minimum atomic E-state index is -0.169. The van der Waals surface area contributed by atoms with Crippen LogP contribution in [0.1, 0.15) is 33.7 Å². The number of benzene rings is 2. The highest BCUT2D eigenvalue weighted by atomic mass is 16.2. The normalized spacial score (nSPS) is 16.5. The van der Waals surface area contributed by atoms with Gasteiger partial charge in [0.05, 0.1) is 17.8 Å². The van der Waals surface area contributed by atoms with E-state index in [1.165, 1.54) is 0 Å². The molecule has 3 N–H and O–H groups in total. The number of para-hydroxylation sites is 2. The third-order valence-electron chi connectivity index (χ3n) is 6.15. The van der Waals surface area contributed by atoms with Gasteiger partial charge in [0.15, 0.2) is 0 Å². The van der Waals surface area contributed by atoms with Gasteiger partial charge in [-0.25, -0.2) is 0 Å². The van der Waals surface area contributed by atoms with Gasteiger partial charge >= 0.3 is 0 Å². The Morgan fingerprint density at radius 3 is 2.42 bits per heavy atom. The number of piperazine rings is 1. The molecule has 33 heavy (non-hydrogen) atoms. The van der Waals surface area contributed by atoms with Crippen molar-refractivity contribution in [1.29, 1.82) is 0 Å². The Balaban J connectivity index is 1.14. The lowest BCUT2D eigenvalue weighted by Gasteiger charge is -2.34. The third-order valence-corrected chi connectivity index (χ3v) is 6.15. The second kappa shape index (κ2) is 9.07. The molecule has 170 valence electrons. The molecule has 1 aliphatic carbocycles. The first-order chi connectivity index (χ1) is 16.1. The van der Waals surface area contributed by atoms with Crippen molar-refractivity contribution in [1.82, 2.24) is 20.1 Å². The van der Waals surface area contributed by atoms with E-state index in [4.69, 9.17) is 0 Å². The maximum atomic E-state index is 12.9. The van der Waals surface area contributed by atoms with Crippen molar-refractivity contribution in [3.63, 3.8) is 0 Å². The fraction of sp³-hybridized carbons (Fsp3) is 0.320. The molecule has 3 aromatic rings. The van der Waals surface area contributed by atoms with Crippen molar-refractivity contribution >= 4 is 34.3 Å². The smallest absolute Gasteiger partial charge is 0.270 e. The van der Waals surface area contributed by atoms with E-state index in [9.17, 15) is 14.4 Å². The van der Waals surface area contributed by atoms with E-state index in [0.29, 0.717) is 43.1 Å². The number of carbonyl (C=O) groups is 3. The van der Waals surface area contributed by atoms with E-state index >= 15 is 0 Å². The molecule has 3 amide bonds. The van der Waals surface area contributed by atoms with E-state index in [-0.39, 0.29) is 30.3 Å². The maximum absolute atomic E-state index is 12.9. The molecule has 0 spiro atoms. The van der Waals surface area contributed by atoms with Crippen LogP contribution in [0.4, 0.5) is 5.69 Å². The Bertz CT molecular complexity index is 1160. The molecule has 2 aliphatic rings. The van der Waals surface area contributed by atoms with Crippen molar-refractivity contribution in [2.75, 3.05) is 38.0 Å². The highest BCUT2D eigenvalue weighted by Gasteiger charge is 2.26. The minimum absolute atomic E-state index is 0.0223. The van der Waals surface area contributed by atoms with Crippen LogP contribution < -0.4 is 10.6 Å². The highest BCUT2D eigenvalue weighted by Crippen LogP contribution is 2.22. The van der Waals surface area contributed by atoms with Crippen molar-refractivity contribution < 1.29 is 14.4 Å². The van der Waals surface area contributed by atoms with Crippen LogP contribution in [-0.4, -0.2) is 71.3 Å². The average molecular weight is 446 g/mol. The van der Waals surface area contributed by atoms with Crippen LogP contribution in [0.15, 0.2) is 54.6 Å². The maximum Gasteiger partial charge on any atom is 0.270 e. The second-order valence-corrected chi connectivity index (χ2v) is 8.68. The lowest BCUT2D eigenvalue weighted by molar-refractivity contribution is -0.117. The molecule has 2 fully saturated rings. The van der Waals surface area contributed by atoms with Gasteiger partial charge in [0.2, 0.25) is 5.91 Å². The Morgan fingerprint density at radius 2 is 1.67 bits per heavy atom. The molecule has 0 radical (unpaired) electrons. The SMILES string of the molecule is O=C(CN1CCN(C(=O)c2cc3ccccc3[nH]2)CC1)Nc1ccccc1C(=O)NC1CC1. The number of H-pyrrole nitrogens is 1. The zero-order chi connectivity index (χ0) is 22.8. The van der Waals surface area contributed by atoms with Crippen molar-refractivity contribution in [2.24, 2.45) is 0 Å². The average Bonchev–Trinajstić information content (AvgIpc) is 3.53. The van der Waals surface area contributed by atoms with Gasteiger partial charge in [-0.15, -0.1) is 0 Å². The van der Waals surface area contributed by atoms with E-state index in [1.54, 1.807) is 24.3 Å². The molecule has 8 nitrogen and oxygen atoms in total. The molecule has 1 aromatic heterocycles. The molecule has 8 heteroatoms. The molecule has 1 saturated heterocycles. The van der Waals surface area contributed by atoms with E-state index in [0.717, 1.165) is 23.7 Å². The van der Waals surface area contributed by atoms with Gasteiger partial charge in [-0.2, -0.15) is 0 Å². The summed E-state index contributed by atoms with van der Waals surface area (Å²) >= 11 is 0. The molecular formula is C25H27N5O3. The summed E-state index contributed by atoms with van der Waals surface area (Å²) in [4.78, 5) is 45.0. The van der Waals surface area contributed by atoms with Crippen LogP contribution in [0.3, 0.4) is 0 Å². The molecule has 0 bridgehead atoms. The summed E-state index contributed by atoms with van der Waals surface area (Å²) in [7, 11) is 0. The topological polar surface area (TPSA) is 97.5 Å². The summed E-state index contributed by atoms with van der Waals surface area (Å²) in [6.45, 7) is 2.56. The van der Waals surface area contributed by atoms with E-state index < -0.39 is 0 Å². The van der Waals surface area contributed by atoms with Gasteiger partial charge < -0.3 is 20.5 Å². The van der Waals surface area contributed by atoms with Gasteiger partial charge in [-0.05, 0) is 37.1 Å². The molecule has 2 aromatic carbocycles. The standard InChI is InChI=1S/C25H27N5O3/c31-23(28-21-8-4-2-6-19(21)24(32)26-18-9-10-18)16-29-11-13-30(14-12-29)25(33)22-15-17-5-1-3-7-20(17)27-22/h1-8,15,18,27H,9-14,16H2,(H,26,32)(H,28,31). The van der Waals surface area contributed by atoms with Crippen LogP contribution >= 0.6 is 0 Å². The number of nitrogens with zero attached hydrogens (tertiary/aromatic N) is 2. The number of anilines is 1. The van der Waals surface area contributed by atoms with E-state index in [1.807, 2.05) is 40.1 Å². The zero-order valence-electron chi connectivity index (χ0n) is 18.3. The number of aromatic nitrogens is 1. The first-order valence-corrected chi connectivity index (χ1v) is 11.4. The predicted octanol–water partition coefficient (Wildman–Crippen LogP) is 2.46. The summed E-state index contributed by atoms with van der Waals surface area (Å²) in [5.74, 6) is -0.347. The molecular weight excluding hydrogens is 418 g/mol. The number of aromatic amines is 1. The summed E-state index contributed by atoms with van der Waals surface area (Å²) in [5.41, 5.74) is 2.53.